The van der Waals surface area contributed by atoms with E-state index < -0.39 is 28.5 Å². The monoisotopic (exact) mass is 614 g/mol. The Kier molecular flexibility index (Phi) is 9.24. The predicted molar refractivity (Wildman–Crippen MR) is 173 cm³/mol. The Labute approximate surface area is 262 Å². The molecule has 2 amide bonds. The van der Waals surface area contributed by atoms with E-state index in [0.29, 0.717) is 46.9 Å². The maximum absolute atomic E-state index is 15.3. The van der Waals surface area contributed by atoms with Gasteiger partial charge in [0.05, 0.1) is 19.2 Å². The fourth-order valence-corrected chi connectivity index (χ4v) is 5.44. The highest BCUT2D eigenvalue weighted by Gasteiger charge is 2.71. The van der Waals surface area contributed by atoms with Gasteiger partial charge in [-0.15, -0.1) is 0 Å². The normalized spacial score (nSPS) is 16.6. The van der Waals surface area contributed by atoms with Crippen molar-refractivity contribution in [2.45, 2.75) is 40.5 Å². The summed E-state index contributed by atoms with van der Waals surface area (Å²) in [7, 11) is 1.55. The van der Waals surface area contributed by atoms with Gasteiger partial charge in [-0.05, 0) is 74.7 Å². The van der Waals surface area contributed by atoms with E-state index in [2.05, 4.69) is 27.9 Å². The van der Waals surface area contributed by atoms with Crippen molar-refractivity contribution in [2.75, 3.05) is 37.4 Å². The summed E-state index contributed by atoms with van der Waals surface area (Å²) in [5, 5.41) is 9.49. The van der Waals surface area contributed by atoms with Gasteiger partial charge in [0.25, 0.3) is 0 Å². The number of aryl methyl sites for hydroxylation is 1. The van der Waals surface area contributed by atoms with E-state index in [1.54, 1.807) is 49.7 Å². The third-order valence-electron chi connectivity index (χ3n) is 8.22. The van der Waals surface area contributed by atoms with Crippen LogP contribution in [0.4, 0.5) is 15.8 Å². The van der Waals surface area contributed by atoms with Gasteiger partial charge < -0.3 is 30.2 Å². The number of carbonyl (C=O) groups excluding carboxylic acids is 2. The van der Waals surface area contributed by atoms with E-state index in [0.717, 1.165) is 25.1 Å². The van der Waals surface area contributed by atoms with Gasteiger partial charge >= 0.3 is 0 Å². The molecule has 236 valence electrons. The summed E-state index contributed by atoms with van der Waals surface area (Å²) in [4.78, 5) is 31.2. The number of pyridine rings is 1. The maximum atomic E-state index is 15.3. The molecule has 1 heterocycles. The van der Waals surface area contributed by atoms with Crippen LogP contribution in [0, 0.1) is 23.6 Å². The molecule has 1 aliphatic carbocycles. The van der Waals surface area contributed by atoms with Crippen LogP contribution in [0.1, 0.15) is 39.2 Å². The first-order valence-corrected chi connectivity index (χ1v) is 15.0. The highest BCUT2D eigenvalue weighted by Crippen LogP contribution is 2.64. The molecule has 5 rings (SSSR count). The zero-order valence-electron chi connectivity index (χ0n) is 26.3. The highest BCUT2D eigenvalue weighted by molar-refractivity contribution is 6.18. The number of halogens is 1. The van der Waals surface area contributed by atoms with Crippen LogP contribution in [-0.2, 0) is 9.59 Å². The number of carbonyl (C=O) groups is 2. The molecule has 3 N–H and O–H groups in total. The number of fused-ring (bicyclic) bond motifs is 1. The molecule has 9 nitrogen and oxygen atoms in total. The molecular weight excluding hydrogens is 575 g/mol. The van der Waals surface area contributed by atoms with Crippen LogP contribution < -0.4 is 30.2 Å². The largest absolute Gasteiger partial charge is 0.493 e. The van der Waals surface area contributed by atoms with Crippen LogP contribution in [0.5, 0.6) is 23.0 Å². The summed E-state index contributed by atoms with van der Waals surface area (Å²) in [5.41, 5.74) is 0.635. The molecule has 45 heavy (non-hydrogen) atoms. The zero-order valence-corrected chi connectivity index (χ0v) is 26.3. The van der Waals surface area contributed by atoms with Gasteiger partial charge in [-0.3, -0.25) is 14.6 Å². The maximum Gasteiger partial charge on any atom is 0.240 e. The van der Waals surface area contributed by atoms with Crippen molar-refractivity contribution < 1.29 is 28.2 Å². The zero-order chi connectivity index (χ0) is 32.2. The number of nitrogens with one attached hydrogen (secondary N) is 3. The number of nitrogens with zero attached hydrogens (tertiary/aromatic N) is 1. The Bertz CT molecular complexity index is 1710. The Balaban J connectivity index is 1.30. The second-order valence-electron chi connectivity index (χ2n) is 11.9. The van der Waals surface area contributed by atoms with E-state index in [1.807, 2.05) is 32.9 Å². The average Bonchev–Trinajstić information content (AvgIpc) is 3.62. The summed E-state index contributed by atoms with van der Waals surface area (Å²) >= 11 is 0. The van der Waals surface area contributed by atoms with Gasteiger partial charge in [-0.25, -0.2) is 4.39 Å². The van der Waals surface area contributed by atoms with E-state index >= 15 is 4.39 Å². The van der Waals surface area contributed by atoms with Crippen molar-refractivity contribution >= 4 is 34.1 Å². The molecule has 0 unspecified atom stereocenters. The number of hydrogen-bond acceptors (Lipinski definition) is 7. The molecule has 4 aromatic rings. The summed E-state index contributed by atoms with van der Waals surface area (Å²) in [6.07, 6.45) is 2.78. The molecule has 1 aromatic heterocycles. The van der Waals surface area contributed by atoms with E-state index in [-0.39, 0.29) is 11.4 Å². The van der Waals surface area contributed by atoms with Gasteiger partial charge in [-0.2, -0.15) is 0 Å². The van der Waals surface area contributed by atoms with Gasteiger partial charge in [0.1, 0.15) is 11.2 Å². The number of anilines is 2. The van der Waals surface area contributed by atoms with Crippen molar-refractivity contribution in [3.05, 3.63) is 78.2 Å². The van der Waals surface area contributed by atoms with Gasteiger partial charge in [0, 0.05) is 35.1 Å². The smallest absolute Gasteiger partial charge is 0.240 e. The van der Waals surface area contributed by atoms with Crippen LogP contribution in [0.2, 0.25) is 0 Å². The lowest BCUT2D eigenvalue weighted by Crippen LogP contribution is -2.39. The molecule has 0 aliphatic heterocycles. The number of rotatable bonds is 13. The van der Waals surface area contributed by atoms with Crippen LogP contribution in [0.3, 0.4) is 0 Å². The SMILES string of the molecule is CCNCCCOc1cc2nccc(Oc3ccc(NC(=O)[C@@]4(C(=O)Nc5ccc(C)cc5)CC4(C)C)cc3F)c2cc1OC. The summed E-state index contributed by atoms with van der Waals surface area (Å²) in [5.74, 6) is -0.167. The number of hydrogen-bond donors (Lipinski definition) is 3. The Morgan fingerprint density at radius 1 is 0.911 bits per heavy atom. The summed E-state index contributed by atoms with van der Waals surface area (Å²) < 4.78 is 32.8. The second-order valence-corrected chi connectivity index (χ2v) is 11.9. The minimum Gasteiger partial charge on any atom is -0.493 e. The molecule has 1 aliphatic rings. The molecule has 0 spiro atoms. The minimum absolute atomic E-state index is 0.0400. The molecule has 1 fully saturated rings. The van der Waals surface area contributed by atoms with Gasteiger partial charge in [0.15, 0.2) is 23.1 Å². The van der Waals surface area contributed by atoms with E-state index in [1.165, 1.54) is 12.1 Å². The van der Waals surface area contributed by atoms with Crippen LogP contribution in [-0.4, -0.2) is 43.6 Å². The standard InChI is InChI=1S/C35H39FN4O5/c1-6-37-15-7-17-44-31-20-27-25(19-30(31)43-5)28(14-16-38-27)45-29-13-12-24(18-26(29)36)40-33(42)35(21-34(35,3)4)32(41)39-23-10-8-22(2)9-11-23/h8-14,16,18-20,37H,6-7,15,17,21H2,1-5H3,(H,39,41)(H,40,42)/t35-/m0/s1. The van der Waals surface area contributed by atoms with Crippen molar-refractivity contribution in [3.63, 3.8) is 0 Å². The number of ether oxygens (including phenoxy) is 3. The Morgan fingerprint density at radius 3 is 2.24 bits per heavy atom. The number of aromatic nitrogens is 1. The van der Waals surface area contributed by atoms with Crippen LogP contribution >= 0.6 is 0 Å². The quantitative estimate of drug-likeness (QED) is 0.112. The fourth-order valence-electron chi connectivity index (χ4n) is 5.44. The molecule has 1 atom stereocenters. The summed E-state index contributed by atoms with van der Waals surface area (Å²) in [6.45, 7) is 10.00. The summed E-state index contributed by atoms with van der Waals surface area (Å²) in [6, 6.07) is 16.7. The molecule has 0 radical (unpaired) electrons. The topological polar surface area (TPSA) is 111 Å². The first-order chi connectivity index (χ1) is 21.6. The third-order valence-corrected chi connectivity index (χ3v) is 8.22. The molecule has 1 saturated carbocycles. The second kappa shape index (κ2) is 13.1. The lowest BCUT2D eigenvalue weighted by Gasteiger charge is -2.20. The lowest BCUT2D eigenvalue weighted by molar-refractivity contribution is -0.132. The molecule has 10 heteroatoms. The number of methoxy groups -OCH3 is 1. The van der Waals surface area contributed by atoms with Gasteiger partial charge in [-0.1, -0.05) is 38.5 Å². The first kappa shape index (κ1) is 31.7. The Morgan fingerprint density at radius 2 is 1.60 bits per heavy atom. The predicted octanol–water partition coefficient (Wildman–Crippen LogP) is 6.86. The third kappa shape index (κ3) is 6.71. The first-order valence-electron chi connectivity index (χ1n) is 15.0. The Hall–Kier alpha value is -4.70. The van der Waals surface area contributed by atoms with Crippen LogP contribution in [0.25, 0.3) is 10.9 Å². The minimum atomic E-state index is -1.28. The molecular formula is C35H39FN4O5. The highest BCUT2D eigenvalue weighted by atomic mass is 19.1. The molecule has 0 bridgehead atoms. The number of amides is 2. The van der Waals surface area contributed by atoms with Crippen molar-refractivity contribution in [2.24, 2.45) is 10.8 Å². The van der Waals surface area contributed by atoms with Crippen LogP contribution in [0.15, 0.2) is 66.9 Å². The van der Waals surface area contributed by atoms with E-state index in [9.17, 15) is 9.59 Å². The van der Waals surface area contributed by atoms with Crippen molar-refractivity contribution in [1.29, 1.82) is 0 Å². The van der Waals surface area contributed by atoms with Crippen molar-refractivity contribution in [1.82, 2.24) is 10.3 Å². The fraction of sp³-hybridized carbons (Fsp3) is 0.343. The lowest BCUT2D eigenvalue weighted by atomic mass is 9.93. The van der Waals surface area contributed by atoms with Crippen molar-refractivity contribution in [3.8, 4) is 23.0 Å². The molecule has 0 saturated heterocycles. The average molecular weight is 615 g/mol. The molecule has 3 aromatic carbocycles. The van der Waals surface area contributed by atoms with E-state index in [4.69, 9.17) is 14.2 Å². The number of benzene rings is 3. The van der Waals surface area contributed by atoms with Gasteiger partial charge in [0.2, 0.25) is 11.8 Å².